The van der Waals surface area contributed by atoms with E-state index >= 15 is 0 Å². The second-order valence-corrected chi connectivity index (χ2v) is 17.2. The van der Waals surface area contributed by atoms with Crippen LogP contribution in [0.3, 0.4) is 0 Å². The van der Waals surface area contributed by atoms with E-state index in [0.29, 0.717) is 26.0 Å². The Hall–Kier alpha value is -2.09. The van der Waals surface area contributed by atoms with E-state index in [0.717, 1.165) is 49.7 Å². The molecule has 0 amide bonds. The molecular weight excluding hydrogens is 618 g/mol. The number of hydrogen-bond donors (Lipinski definition) is 4. The van der Waals surface area contributed by atoms with Crippen LogP contribution in [0.2, 0.25) is 0 Å². The van der Waals surface area contributed by atoms with Crippen molar-refractivity contribution in [2.75, 3.05) is 19.8 Å². The maximum Gasteiger partial charge on any atom is 0.159 e. The van der Waals surface area contributed by atoms with E-state index in [-0.39, 0.29) is 59.4 Å². The van der Waals surface area contributed by atoms with E-state index in [1.54, 1.807) is 6.92 Å². The molecule has 1 aromatic rings. The Bertz CT molecular complexity index is 1530. The van der Waals surface area contributed by atoms with Crippen LogP contribution < -0.4 is 5.32 Å². The maximum atomic E-state index is 14.2. The Morgan fingerprint density at radius 2 is 1.86 bits per heavy atom. The molecule has 5 aliphatic heterocycles. The second kappa shape index (κ2) is 12.3. The van der Waals surface area contributed by atoms with Gasteiger partial charge >= 0.3 is 0 Å². The van der Waals surface area contributed by atoms with Gasteiger partial charge in [-0.1, -0.05) is 62.9 Å². The first-order valence-corrected chi connectivity index (χ1v) is 18.9. The minimum Gasteiger partial charge on any atom is -0.387 e. The molecule has 0 radical (unpaired) electrons. The summed E-state index contributed by atoms with van der Waals surface area (Å²) in [5.41, 5.74) is -0.840. The summed E-state index contributed by atoms with van der Waals surface area (Å²) in [6.45, 7) is 9.79. The molecule has 8 heteroatoms. The molecule has 6 bridgehead atoms. The van der Waals surface area contributed by atoms with Crippen LogP contribution in [0.25, 0.3) is 0 Å². The summed E-state index contributed by atoms with van der Waals surface area (Å²) in [5.74, 6) is 6.81. The molecule has 0 unspecified atom stereocenters. The SMILES string of the molecule is C[C@@H]1[C@H]2CCN[C@H](O)[C@H]2O[C@@H]1[C@@H](O)[C@@](C)(O)[C@H]1CC[C@@]23OCC#C[C@@H](c4ccccc4)CO[C@H]4CC[C@@]5(C)[C@@H](C4)C(=O)C=C2[C@@H]5CC[C@]13C. The van der Waals surface area contributed by atoms with E-state index < -0.39 is 41.2 Å². The fourth-order valence-electron chi connectivity index (χ4n) is 12.2. The van der Waals surface area contributed by atoms with Crippen LogP contribution >= 0.6 is 0 Å². The van der Waals surface area contributed by atoms with Crippen LogP contribution in [-0.2, 0) is 19.0 Å². The van der Waals surface area contributed by atoms with Crippen LogP contribution in [-0.4, -0.2) is 82.7 Å². The molecule has 4 aliphatic carbocycles. The van der Waals surface area contributed by atoms with Gasteiger partial charge in [-0.25, -0.2) is 0 Å². The van der Waals surface area contributed by atoms with E-state index in [9.17, 15) is 20.1 Å². The number of allylic oxidation sites excluding steroid dienone is 1. The van der Waals surface area contributed by atoms with E-state index in [1.807, 2.05) is 24.3 Å². The Balaban J connectivity index is 1.17. The third kappa shape index (κ3) is 5.09. The lowest BCUT2D eigenvalue weighted by atomic mass is 9.45. The lowest BCUT2D eigenvalue weighted by Gasteiger charge is -2.61. The molecule has 10 rings (SSSR count). The average Bonchev–Trinajstić information content (AvgIpc) is 3.59. The molecule has 5 fully saturated rings. The Kier molecular flexibility index (Phi) is 8.51. The number of ether oxygens (including phenoxy) is 3. The van der Waals surface area contributed by atoms with Crippen molar-refractivity contribution in [1.82, 2.24) is 5.32 Å². The molecule has 15 atom stereocenters. The van der Waals surface area contributed by atoms with Gasteiger partial charge in [0.25, 0.3) is 0 Å². The van der Waals surface area contributed by atoms with Crippen LogP contribution in [0.4, 0.5) is 0 Å². The van der Waals surface area contributed by atoms with Crippen molar-refractivity contribution >= 4 is 5.78 Å². The van der Waals surface area contributed by atoms with Crippen molar-refractivity contribution in [1.29, 1.82) is 0 Å². The maximum absolute atomic E-state index is 14.2. The van der Waals surface area contributed by atoms with Crippen molar-refractivity contribution in [2.24, 2.45) is 40.4 Å². The predicted molar refractivity (Wildman–Crippen MR) is 184 cm³/mol. The number of fused-ring (bicyclic) bond motifs is 3. The third-order valence-electron chi connectivity index (χ3n) is 15.1. The van der Waals surface area contributed by atoms with Gasteiger partial charge in [0.15, 0.2) is 5.78 Å². The van der Waals surface area contributed by atoms with Gasteiger partial charge in [0.2, 0.25) is 0 Å². The molecular formula is C41H55NO7. The van der Waals surface area contributed by atoms with Crippen molar-refractivity contribution in [3.05, 3.63) is 47.5 Å². The number of rotatable bonds is 4. The van der Waals surface area contributed by atoms with Crippen LogP contribution in [0.15, 0.2) is 42.0 Å². The summed E-state index contributed by atoms with van der Waals surface area (Å²) in [6, 6.07) is 10.3. The Morgan fingerprint density at radius 3 is 2.63 bits per heavy atom. The molecule has 9 aliphatic rings. The van der Waals surface area contributed by atoms with Gasteiger partial charge in [-0.15, -0.1) is 0 Å². The van der Waals surface area contributed by atoms with Crippen molar-refractivity contribution < 1.29 is 34.3 Å². The number of aliphatic hydroxyl groups is 3. The average molecular weight is 674 g/mol. The molecule has 2 saturated heterocycles. The standard InChI is InChI=1S/C41H55NO7/c1-24-28-15-19-42-37(45)35(28)49-34(24)36(44)40(4,46)33-14-18-41-30-22-32(43)31-21-27(12-16-38(31,2)29(30)13-17-39(33,41)3)47-23-26(11-8-20-48-41)25-9-6-5-7-10-25/h5-7,9-10,22,24,26-29,31,33-37,42,44-46H,12-21,23H2,1-4H3/t24-,26-,27+,28-,29+,31+,33+,34+,35+,36-,37-,38-,39-,40+,41-/m1/s1. The quantitative estimate of drug-likeness (QED) is 0.345. The summed E-state index contributed by atoms with van der Waals surface area (Å²) in [7, 11) is 0. The van der Waals surface area contributed by atoms with Gasteiger partial charge in [-0.2, -0.15) is 0 Å². The minimum atomic E-state index is -1.50. The smallest absolute Gasteiger partial charge is 0.159 e. The van der Waals surface area contributed by atoms with Gasteiger partial charge < -0.3 is 29.5 Å². The predicted octanol–water partition coefficient (Wildman–Crippen LogP) is 4.51. The lowest BCUT2D eigenvalue weighted by molar-refractivity contribution is -0.206. The Labute approximate surface area is 291 Å². The summed E-state index contributed by atoms with van der Waals surface area (Å²) in [6.07, 6.45) is 5.44. The van der Waals surface area contributed by atoms with Gasteiger partial charge in [-0.3, -0.25) is 10.1 Å². The summed E-state index contributed by atoms with van der Waals surface area (Å²) >= 11 is 0. The van der Waals surface area contributed by atoms with Gasteiger partial charge in [0.05, 0.1) is 35.9 Å². The highest BCUT2D eigenvalue weighted by Gasteiger charge is 2.70. The van der Waals surface area contributed by atoms with Crippen molar-refractivity contribution in [3.8, 4) is 11.8 Å². The summed E-state index contributed by atoms with van der Waals surface area (Å²) in [4.78, 5) is 14.2. The molecule has 8 nitrogen and oxygen atoms in total. The van der Waals surface area contributed by atoms with E-state index in [4.69, 9.17) is 14.2 Å². The van der Waals surface area contributed by atoms with Gasteiger partial charge in [-0.05, 0) is 111 Å². The normalized spacial score (nSPS) is 48.0. The van der Waals surface area contributed by atoms with Crippen LogP contribution in [0.1, 0.15) is 90.5 Å². The van der Waals surface area contributed by atoms with Crippen molar-refractivity contribution in [2.45, 2.75) is 127 Å². The largest absolute Gasteiger partial charge is 0.387 e. The number of benzene rings is 1. The zero-order valence-corrected chi connectivity index (χ0v) is 29.6. The first kappa shape index (κ1) is 34.0. The fraction of sp³-hybridized carbons (Fsp3) is 0.732. The first-order chi connectivity index (χ1) is 23.4. The monoisotopic (exact) mass is 673 g/mol. The number of nitrogens with one attached hydrogen (secondary N) is 1. The molecule has 266 valence electrons. The molecule has 4 N–H and O–H groups in total. The van der Waals surface area contributed by atoms with E-state index in [2.05, 4.69) is 50.1 Å². The van der Waals surface area contributed by atoms with Crippen molar-refractivity contribution in [3.63, 3.8) is 0 Å². The van der Waals surface area contributed by atoms with Crippen LogP contribution in [0, 0.1) is 52.3 Å². The number of aliphatic hydroxyl groups excluding tert-OH is 2. The minimum absolute atomic E-state index is 0.0183. The summed E-state index contributed by atoms with van der Waals surface area (Å²) in [5, 5.41) is 38.4. The molecule has 1 aromatic carbocycles. The molecule has 5 heterocycles. The van der Waals surface area contributed by atoms with Crippen LogP contribution in [0.5, 0.6) is 0 Å². The van der Waals surface area contributed by atoms with Gasteiger partial charge in [0.1, 0.15) is 25.0 Å². The highest BCUT2D eigenvalue weighted by molar-refractivity contribution is 5.95. The molecule has 3 saturated carbocycles. The molecule has 49 heavy (non-hydrogen) atoms. The highest BCUT2D eigenvalue weighted by atomic mass is 16.5. The fourth-order valence-corrected chi connectivity index (χ4v) is 12.2. The number of piperidine rings is 1. The molecule has 0 aromatic heterocycles. The lowest BCUT2D eigenvalue weighted by Crippen LogP contribution is -2.64. The zero-order chi connectivity index (χ0) is 34.3. The highest BCUT2D eigenvalue weighted by Crippen LogP contribution is 2.70. The number of ketones is 1. The third-order valence-corrected chi connectivity index (χ3v) is 15.1. The van der Waals surface area contributed by atoms with E-state index in [1.165, 1.54) is 0 Å². The molecule has 1 spiro atoms. The second-order valence-electron chi connectivity index (χ2n) is 17.2. The number of carbonyl (C=O) groups is 1. The topological polar surface area (TPSA) is 117 Å². The number of hydrogen-bond acceptors (Lipinski definition) is 8. The summed E-state index contributed by atoms with van der Waals surface area (Å²) < 4.78 is 20.0. The van der Waals surface area contributed by atoms with Gasteiger partial charge in [0, 0.05) is 11.3 Å². The Morgan fingerprint density at radius 1 is 1.06 bits per heavy atom. The number of carbonyl (C=O) groups excluding carboxylic acids is 1. The zero-order valence-electron chi connectivity index (χ0n) is 29.6. The first-order valence-electron chi connectivity index (χ1n) is 18.9.